The highest BCUT2D eigenvalue weighted by molar-refractivity contribution is 5.78. The van der Waals surface area contributed by atoms with E-state index in [9.17, 15) is 4.79 Å². The third-order valence-electron chi connectivity index (χ3n) is 2.66. The largest absolute Gasteiger partial charge is 0.480 e. The lowest BCUT2D eigenvalue weighted by molar-refractivity contribution is -0.146. The van der Waals surface area contributed by atoms with Gasteiger partial charge in [-0.3, -0.25) is 4.79 Å². The molecule has 0 aromatic rings. The molecule has 1 atom stereocenters. The molecule has 0 aromatic carbocycles. The number of carbonyl (C=O) groups is 1. The average molecular weight is 187 g/mol. The number of aliphatic hydroxyl groups is 1. The van der Waals surface area contributed by atoms with Crippen LogP contribution < -0.4 is 5.32 Å². The van der Waals surface area contributed by atoms with E-state index in [0.29, 0.717) is 19.3 Å². The number of hydrogen-bond donors (Lipinski definition) is 3. The van der Waals surface area contributed by atoms with E-state index in [1.54, 1.807) is 0 Å². The van der Waals surface area contributed by atoms with Crippen LogP contribution in [0.3, 0.4) is 0 Å². The average Bonchev–Trinajstić information content (AvgIpc) is 2.16. The van der Waals surface area contributed by atoms with Gasteiger partial charge in [-0.2, -0.15) is 0 Å². The first kappa shape index (κ1) is 10.5. The molecule has 0 bridgehead atoms. The molecule has 4 heteroatoms. The normalized spacial score (nSPS) is 28.7. The van der Waals surface area contributed by atoms with Gasteiger partial charge in [-0.1, -0.05) is 0 Å². The summed E-state index contributed by atoms with van der Waals surface area (Å²) < 4.78 is 0. The van der Waals surface area contributed by atoms with Crippen LogP contribution in [0, 0.1) is 0 Å². The summed E-state index contributed by atoms with van der Waals surface area (Å²) in [5.74, 6) is -0.777. The molecule has 1 saturated heterocycles. The van der Waals surface area contributed by atoms with Gasteiger partial charge in [0.2, 0.25) is 0 Å². The lowest BCUT2D eigenvalue weighted by Gasteiger charge is -2.34. The summed E-state index contributed by atoms with van der Waals surface area (Å²) >= 11 is 0. The van der Waals surface area contributed by atoms with Crippen molar-refractivity contribution in [3.63, 3.8) is 0 Å². The van der Waals surface area contributed by atoms with E-state index in [0.717, 1.165) is 19.4 Å². The highest BCUT2D eigenvalue weighted by atomic mass is 16.4. The molecule has 0 radical (unpaired) electrons. The maximum atomic E-state index is 11.0. The van der Waals surface area contributed by atoms with E-state index in [4.69, 9.17) is 10.2 Å². The van der Waals surface area contributed by atoms with Gasteiger partial charge < -0.3 is 15.5 Å². The Balaban J connectivity index is 2.56. The van der Waals surface area contributed by atoms with Gasteiger partial charge in [-0.25, -0.2) is 0 Å². The third kappa shape index (κ3) is 2.42. The van der Waals surface area contributed by atoms with E-state index in [-0.39, 0.29) is 6.61 Å². The lowest BCUT2D eigenvalue weighted by Crippen LogP contribution is -2.54. The van der Waals surface area contributed by atoms with Crippen molar-refractivity contribution in [2.45, 2.75) is 37.6 Å². The van der Waals surface area contributed by atoms with Crippen LogP contribution in [0.2, 0.25) is 0 Å². The Kier molecular flexibility index (Phi) is 3.69. The SMILES string of the molecule is O=C(O)C1(CCCO)CCCCN1. The van der Waals surface area contributed by atoms with Crippen molar-refractivity contribution in [1.82, 2.24) is 5.32 Å². The Morgan fingerprint density at radius 2 is 2.23 bits per heavy atom. The smallest absolute Gasteiger partial charge is 0.323 e. The number of aliphatic hydroxyl groups excluding tert-OH is 1. The Bertz CT molecular complexity index is 176. The molecule has 0 spiro atoms. The van der Waals surface area contributed by atoms with Crippen LogP contribution in [-0.4, -0.2) is 34.9 Å². The molecule has 1 aliphatic heterocycles. The molecule has 0 amide bonds. The molecule has 3 N–H and O–H groups in total. The number of nitrogens with one attached hydrogen (secondary N) is 1. The van der Waals surface area contributed by atoms with Gasteiger partial charge in [0.25, 0.3) is 0 Å². The zero-order valence-electron chi connectivity index (χ0n) is 7.75. The second kappa shape index (κ2) is 4.58. The molecule has 0 saturated carbocycles. The minimum absolute atomic E-state index is 0.0662. The van der Waals surface area contributed by atoms with Crippen molar-refractivity contribution in [2.24, 2.45) is 0 Å². The zero-order valence-corrected chi connectivity index (χ0v) is 7.75. The third-order valence-corrected chi connectivity index (χ3v) is 2.66. The van der Waals surface area contributed by atoms with Crippen LogP contribution in [0.4, 0.5) is 0 Å². The van der Waals surface area contributed by atoms with E-state index in [1.165, 1.54) is 0 Å². The fourth-order valence-electron chi connectivity index (χ4n) is 1.85. The highest BCUT2D eigenvalue weighted by Crippen LogP contribution is 2.24. The van der Waals surface area contributed by atoms with Gasteiger partial charge in [0, 0.05) is 6.61 Å². The fourth-order valence-corrected chi connectivity index (χ4v) is 1.85. The van der Waals surface area contributed by atoms with Gasteiger partial charge in [0.1, 0.15) is 5.54 Å². The maximum absolute atomic E-state index is 11.0. The Hall–Kier alpha value is -0.610. The number of rotatable bonds is 4. The van der Waals surface area contributed by atoms with Gasteiger partial charge in [0.15, 0.2) is 0 Å². The molecule has 1 unspecified atom stereocenters. The summed E-state index contributed by atoms with van der Waals surface area (Å²) in [6, 6.07) is 0. The van der Waals surface area contributed by atoms with Crippen LogP contribution in [0.1, 0.15) is 32.1 Å². The van der Waals surface area contributed by atoms with E-state index < -0.39 is 11.5 Å². The van der Waals surface area contributed by atoms with Crippen LogP contribution >= 0.6 is 0 Å². The predicted octanol–water partition coefficient (Wildman–Crippen LogP) is 0.356. The van der Waals surface area contributed by atoms with Gasteiger partial charge in [0.05, 0.1) is 0 Å². The van der Waals surface area contributed by atoms with Gasteiger partial charge in [-0.05, 0) is 38.6 Å². The van der Waals surface area contributed by atoms with Gasteiger partial charge in [-0.15, -0.1) is 0 Å². The molecular formula is C9H17NO3. The van der Waals surface area contributed by atoms with Crippen molar-refractivity contribution in [3.05, 3.63) is 0 Å². The summed E-state index contributed by atoms with van der Waals surface area (Å²) in [7, 11) is 0. The number of aliphatic carboxylic acids is 1. The van der Waals surface area contributed by atoms with Crippen molar-refractivity contribution >= 4 is 5.97 Å². The molecule has 1 fully saturated rings. The lowest BCUT2D eigenvalue weighted by atomic mass is 9.85. The highest BCUT2D eigenvalue weighted by Gasteiger charge is 2.38. The van der Waals surface area contributed by atoms with Crippen LogP contribution in [0.15, 0.2) is 0 Å². The number of carboxylic acid groups (broad SMARTS) is 1. The van der Waals surface area contributed by atoms with Crippen LogP contribution in [-0.2, 0) is 4.79 Å². The molecule has 0 aliphatic carbocycles. The first-order valence-corrected chi connectivity index (χ1v) is 4.80. The maximum Gasteiger partial charge on any atom is 0.323 e. The number of carboxylic acids is 1. The standard InChI is InChI=1S/C9H17NO3/c11-7-3-5-9(8(12)13)4-1-2-6-10-9/h10-11H,1-7H2,(H,12,13). The number of hydrogen-bond acceptors (Lipinski definition) is 3. The fraction of sp³-hybridized carbons (Fsp3) is 0.889. The van der Waals surface area contributed by atoms with E-state index >= 15 is 0 Å². The van der Waals surface area contributed by atoms with Crippen LogP contribution in [0.5, 0.6) is 0 Å². The summed E-state index contributed by atoms with van der Waals surface area (Å²) in [6.07, 6.45) is 3.78. The zero-order chi connectivity index (χ0) is 9.73. The second-order valence-corrected chi connectivity index (χ2v) is 3.60. The second-order valence-electron chi connectivity index (χ2n) is 3.60. The molecule has 4 nitrogen and oxygen atoms in total. The minimum atomic E-state index is -0.777. The van der Waals surface area contributed by atoms with Gasteiger partial charge >= 0.3 is 5.97 Å². The van der Waals surface area contributed by atoms with Crippen molar-refractivity contribution in [1.29, 1.82) is 0 Å². The summed E-state index contributed by atoms with van der Waals surface area (Å²) in [6.45, 7) is 0.842. The predicted molar refractivity (Wildman–Crippen MR) is 48.5 cm³/mol. The summed E-state index contributed by atoms with van der Waals surface area (Å²) in [5.41, 5.74) is -0.763. The van der Waals surface area contributed by atoms with Crippen molar-refractivity contribution in [3.8, 4) is 0 Å². The Morgan fingerprint density at radius 3 is 2.69 bits per heavy atom. The van der Waals surface area contributed by atoms with E-state index in [2.05, 4.69) is 5.32 Å². The van der Waals surface area contributed by atoms with Crippen molar-refractivity contribution in [2.75, 3.05) is 13.2 Å². The molecular weight excluding hydrogens is 170 g/mol. The van der Waals surface area contributed by atoms with Crippen molar-refractivity contribution < 1.29 is 15.0 Å². The Morgan fingerprint density at radius 1 is 1.46 bits per heavy atom. The minimum Gasteiger partial charge on any atom is -0.480 e. The monoisotopic (exact) mass is 187 g/mol. The van der Waals surface area contributed by atoms with E-state index in [1.807, 2.05) is 0 Å². The first-order valence-electron chi connectivity index (χ1n) is 4.80. The first-order chi connectivity index (χ1) is 6.21. The molecule has 1 heterocycles. The molecule has 1 rings (SSSR count). The summed E-state index contributed by atoms with van der Waals surface area (Å²) in [4.78, 5) is 11.0. The van der Waals surface area contributed by atoms with Crippen LogP contribution in [0.25, 0.3) is 0 Å². The summed E-state index contributed by atoms with van der Waals surface area (Å²) in [5, 5.41) is 20.8. The Labute approximate surface area is 78.0 Å². The molecule has 13 heavy (non-hydrogen) atoms. The quantitative estimate of drug-likeness (QED) is 0.594. The molecule has 0 aromatic heterocycles. The molecule has 76 valence electrons. The molecule has 1 aliphatic rings. The number of piperidine rings is 1. The topological polar surface area (TPSA) is 69.6 Å².